The van der Waals surface area contributed by atoms with Crippen LogP contribution in [0.15, 0.2) is 29.8 Å². The third-order valence-corrected chi connectivity index (χ3v) is 6.07. The highest BCUT2D eigenvalue weighted by molar-refractivity contribution is 7.09. The normalized spacial score (nSPS) is 18.0. The molecular formula is C19H23N5OS. The van der Waals surface area contributed by atoms with Gasteiger partial charge >= 0.3 is 0 Å². The van der Waals surface area contributed by atoms with Crippen LogP contribution in [-0.2, 0) is 11.2 Å². The van der Waals surface area contributed by atoms with E-state index >= 15 is 0 Å². The summed E-state index contributed by atoms with van der Waals surface area (Å²) in [4.78, 5) is 19.3. The number of piperidine rings is 1. The van der Waals surface area contributed by atoms with Gasteiger partial charge in [0.1, 0.15) is 5.82 Å². The van der Waals surface area contributed by atoms with Crippen molar-refractivity contribution in [1.82, 2.24) is 24.5 Å². The summed E-state index contributed by atoms with van der Waals surface area (Å²) >= 11 is 1.64. The van der Waals surface area contributed by atoms with E-state index in [1.165, 1.54) is 0 Å². The number of nitrogens with zero attached hydrogens (tertiary/aromatic N) is 5. The molecule has 3 aromatic heterocycles. The lowest BCUT2D eigenvalue weighted by molar-refractivity contribution is -0.131. The average molecular weight is 369 g/mol. The van der Waals surface area contributed by atoms with Gasteiger partial charge in [-0.05, 0) is 25.0 Å². The molecule has 0 bridgehead atoms. The van der Waals surface area contributed by atoms with Crippen molar-refractivity contribution in [1.29, 1.82) is 0 Å². The van der Waals surface area contributed by atoms with Gasteiger partial charge in [-0.15, -0.1) is 21.5 Å². The van der Waals surface area contributed by atoms with E-state index in [1.807, 2.05) is 39.1 Å². The van der Waals surface area contributed by atoms with E-state index in [4.69, 9.17) is 0 Å². The highest BCUT2D eigenvalue weighted by Gasteiger charge is 2.28. The lowest BCUT2D eigenvalue weighted by atomic mass is 9.97. The molecule has 1 aliphatic rings. The van der Waals surface area contributed by atoms with Crippen molar-refractivity contribution in [3.8, 4) is 0 Å². The number of aromatic nitrogens is 4. The lowest BCUT2D eigenvalue weighted by Gasteiger charge is -2.32. The Bertz CT molecular complexity index is 915. The summed E-state index contributed by atoms with van der Waals surface area (Å²) in [7, 11) is 0. The van der Waals surface area contributed by atoms with Crippen LogP contribution in [-0.4, -0.2) is 43.5 Å². The summed E-state index contributed by atoms with van der Waals surface area (Å²) in [6.45, 7) is 5.77. The van der Waals surface area contributed by atoms with Crippen LogP contribution in [0.5, 0.6) is 0 Å². The molecule has 4 heterocycles. The Morgan fingerprint density at radius 2 is 2.23 bits per heavy atom. The van der Waals surface area contributed by atoms with Crippen LogP contribution in [0.3, 0.4) is 0 Å². The van der Waals surface area contributed by atoms with E-state index < -0.39 is 0 Å². The Kier molecular flexibility index (Phi) is 4.72. The minimum atomic E-state index is 0.157. The van der Waals surface area contributed by atoms with E-state index in [9.17, 15) is 4.79 Å². The van der Waals surface area contributed by atoms with Gasteiger partial charge in [-0.1, -0.05) is 19.9 Å². The second-order valence-corrected chi connectivity index (χ2v) is 8.06. The van der Waals surface area contributed by atoms with Crippen LogP contribution in [0.1, 0.15) is 55.1 Å². The molecule has 26 heavy (non-hydrogen) atoms. The summed E-state index contributed by atoms with van der Waals surface area (Å²) in [5.74, 6) is 1.74. The second kappa shape index (κ2) is 7.15. The van der Waals surface area contributed by atoms with E-state index in [0.717, 1.165) is 41.6 Å². The molecule has 1 aliphatic heterocycles. The van der Waals surface area contributed by atoms with Gasteiger partial charge in [0, 0.05) is 36.5 Å². The van der Waals surface area contributed by atoms with Crippen LogP contribution >= 0.6 is 11.3 Å². The van der Waals surface area contributed by atoms with Crippen molar-refractivity contribution in [2.75, 3.05) is 13.1 Å². The third-order valence-electron chi connectivity index (χ3n) is 4.88. The molecule has 1 amide bonds. The van der Waals surface area contributed by atoms with Crippen LogP contribution in [0.4, 0.5) is 0 Å². The summed E-state index contributed by atoms with van der Waals surface area (Å²) in [5, 5.41) is 11.7. The van der Waals surface area contributed by atoms with Crippen molar-refractivity contribution in [3.05, 3.63) is 46.3 Å². The zero-order valence-electron chi connectivity index (χ0n) is 15.1. The first-order valence-corrected chi connectivity index (χ1v) is 10.0. The van der Waals surface area contributed by atoms with E-state index in [0.29, 0.717) is 18.9 Å². The Balaban J connectivity index is 1.46. The predicted molar refractivity (Wildman–Crippen MR) is 101 cm³/mol. The van der Waals surface area contributed by atoms with Gasteiger partial charge in [0.25, 0.3) is 0 Å². The number of likely N-dealkylation sites (tertiary alicyclic amines) is 1. The molecule has 1 saturated heterocycles. The fourth-order valence-electron chi connectivity index (χ4n) is 3.49. The maximum absolute atomic E-state index is 12.8. The first-order chi connectivity index (χ1) is 12.6. The molecular weight excluding hydrogens is 346 g/mol. The first kappa shape index (κ1) is 17.1. The van der Waals surface area contributed by atoms with Crippen LogP contribution in [0.25, 0.3) is 5.65 Å². The maximum atomic E-state index is 12.8. The Morgan fingerprint density at radius 1 is 1.35 bits per heavy atom. The highest BCUT2D eigenvalue weighted by Crippen LogP contribution is 2.27. The summed E-state index contributed by atoms with van der Waals surface area (Å²) in [6, 6.07) is 5.90. The SMILES string of the molecule is CC(C)c1nc(CC(=O)N2CCC[C@H](c3nnc4ccccn34)C2)cs1. The monoisotopic (exact) mass is 369 g/mol. The molecule has 1 atom stereocenters. The number of hydrogen-bond donors (Lipinski definition) is 0. The van der Waals surface area contributed by atoms with Crippen molar-refractivity contribution in [2.45, 2.75) is 44.9 Å². The molecule has 0 N–H and O–H groups in total. The van der Waals surface area contributed by atoms with Gasteiger partial charge in [0.15, 0.2) is 5.65 Å². The third kappa shape index (κ3) is 3.35. The molecule has 0 unspecified atom stereocenters. The number of carbonyl (C=O) groups is 1. The molecule has 0 spiro atoms. The Hall–Kier alpha value is -2.28. The molecule has 4 rings (SSSR count). The fourth-order valence-corrected chi connectivity index (χ4v) is 4.32. The van der Waals surface area contributed by atoms with Gasteiger partial charge in [0.2, 0.25) is 5.91 Å². The molecule has 7 heteroatoms. The van der Waals surface area contributed by atoms with Crippen molar-refractivity contribution < 1.29 is 4.79 Å². The maximum Gasteiger partial charge on any atom is 0.228 e. The molecule has 0 saturated carbocycles. The number of fused-ring (bicyclic) bond motifs is 1. The molecule has 136 valence electrons. The number of thiazole rings is 1. The van der Waals surface area contributed by atoms with Gasteiger partial charge in [-0.3, -0.25) is 9.20 Å². The number of carbonyl (C=O) groups excluding carboxylic acids is 1. The number of hydrogen-bond acceptors (Lipinski definition) is 5. The van der Waals surface area contributed by atoms with Gasteiger partial charge in [-0.2, -0.15) is 0 Å². The molecule has 6 nitrogen and oxygen atoms in total. The first-order valence-electron chi connectivity index (χ1n) is 9.13. The standard InChI is InChI=1S/C19H23N5OS/c1-13(2)19-20-15(12-26-19)10-17(25)23-8-5-6-14(11-23)18-22-21-16-7-3-4-9-24(16)18/h3-4,7,9,12-14H,5-6,8,10-11H2,1-2H3/t14-/m0/s1. The van der Waals surface area contributed by atoms with Crippen molar-refractivity contribution in [2.24, 2.45) is 0 Å². The minimum Gasteiger partial charge on any atom is -0.342 e. The zero-order chi connectivity index (χ0) is 18.1. The number of amides is 1. The van der Waals surface area contributed by atoms with Crippen molar-refractivity contribution >= 4 is 22.9 Å². The molecule has 0 aromatic carbocycles. The van der Waals surface area contributed by atoms with Gasteiger partial charge in [0.05, 0.1) is 17.1 Å². The zero-order valence-corrected chi connectivity index (χ0v) is 15.9. The molecule has 3 aromatic rings. The average Bonchev–Trinajstić information content (AvgIpc) is 3.29. The van der Waals surface area contributed by atoms with Gasteiger partial charge in [-0.25, -0.2) is 4.98 Å². The fraction of sp³-hybridized carbons (Fsp3) is 0.474. The van der Waals surface area contributed by atoms with E-state index in [2.05, 4.69) is 29.0 Å². The van der Waals surface area contributed by atoms with E-state index in [-0.39, 0.29) is 11.8 Å². The molecule has 1 fully saturated rings. The molecule has 0 aliphatic carbocycles. The number of rotatable bonds is 4. The molecule has 0 radical (unpaired) electrons. The smallest absolute Gasteiger partial charge is 0.228 e. The summed E-state index contributed by atoms with van der Waals surface area (Å²) in [6.07, 6.45) is 4.41. The number of pyridine rings is 1. The minimum absolute atomic E-state index is 0.157. The lowest BCUT2D eigenvalue weighted by Crippen LogP contribution is -2.40. The highest BCUT2D eigenvalue weighted by atomic mass is 32.1. The Morgan fingerprint density at radius 3 is 3.04 bits per heavy atom. The largest absolute Gasteiger partial charge is 0.342 e. The van der Waals surface area contributed by atoms with Crippen LogP contribution < -0.4 is 0 Å². The summed E-state index contributed by atoms with van der Waals surface area (Å²) < 4.78 is 2.04. The van der Waals surface area contributed by atoms with Crippen molar-refractivity contribution in [3.63, 3.8) is 0 Å². The van der Waals surface area contributed by atoms with Crippen LogP contribution in [0, 0.1) is 0 Å². The van der Waals surface area contributed by atoms with Gasteiger partial charge < -0.3 is 4.90 Å². The summed E-state index contributed by atoms with van der Waals surface area (Å²) in [5.41, 5.74) is 1.74. The quantitative estimate of drug-likeness (QED) is 0.708. The van der Waals surface area contributed by atoms with E-state index in [1.54, 1.807) is 11.3 Å². The Labute approximate surface area is 156 Å². The topological polar surface area (TPSA) is 63.4 Å². The second-order valence-electron chi connectivity index (χ2n) is 7.17. The predicted octanol–water partition coefficient (Wildman–Crippen LogP) is 3.26. The van der Waals surface area contributed by atoms with Crippen LogP contribution in [0.2, 0.25) is 0 Å².